The normalized spacial score (nSPS) is 12.5. The fraction of sp³-hybridized carbons (Fsp3) is 0.600. The molecule has 0 saturated carbocycles. The highest BCUT2D eigenvalue weighted by Gasteiger charge is 2.17. The van der Waals surface area contributed by atoms with Crippen molar-refractivity contribution < 1.29 is 4.79 Å². The van der Waals surface area contributed by atoms with Crippen molar-refractivity contribution in [3.8, 4) is 6.07 Å². The molecule has 0 aromatic carbocycles. The van der Waals surface area contributed by atoms with Gasteiger partial charge < -0.3 is 4.57 Å². The van der Waals surface area contributed by atoms with Crippen molar-refractivity contribution in [2.45, 2.75) is 34.2 Å². The van der Waals surface area contributed by atoms with Crippen molar-refractivity contribution in [2.24, 2.45) is 5.92 Å². The van der Waals surface area contributed by atoms with Gasteiger partial charge in [-0.2, -0.15) is 5.26 Å². The minimum Gasteiger partial charge on any atom is -0.349 e. The van der Waals surface area contributed by atoms with Gasteiger partial charge in [0.1, 0.15) is 0 Å². The molecule has 4 nitrogen and oxygen atoms in total. The molecule has 19 heavy (non-hydrogen) atoms. The Morgan fingerprint density at radius 1 is 1.53 bits per heavy atom. The van der Waals surface area contributed by atoms with E-state index in [9.17, 15) is 4.79 Å². The summed E-state index contributed by atoms with van der Waals surface area (Å²) in [6.45, 7) is 9.82. The molecule has 0 radical (unpaired) electrons. The first-order chi connectivity index (χ1) is 8.90. The van der Waals surface area contributed by atoms with Crippen LogP contribution in [0.15, 0.2) is 6.07 Å². The predicted molar refractivity (Wildman–Crippen MR) is 76.2 cm³/mol. The van der Waals surface area contributed by atoms with Crippen LogP contribution in [-0.4, -0.2) is 35.4 Å². The van der Waals surface area contributed by atoms with Crippen LogP contribution >= 0.6 is 0 Å². The van der Waals surface area contributed by atoms with Gasteiger partial charge in [-0.1, -0.05) is 0 Å². The Hall–Kier alpha value is -1.60. The average molecular weight is 261 g/mol. The van der Waals surface area contributed by atoms with E-state index in [0.717, 1.165) is 23.5 Å². The molecule has 1 atom stereocenters. The summed E-state index contributed by atoms with van der Waals surface area (Å²) >= 11 is 0. The highest BCUT2D eigenvalue weighted by molar-refractivity contribution is 5.99. The van der Waals surface area contributed by atoms with E-state index in [2.05, 4.69) is 17.6 Å². The van der Waals surface area contributed by atoms with E-state index >= 15 is 0 Å². The molecule has 1 heterocycles. The minimum atomic E-state index is -0.0547. The van der Waals surface area contributed by atoms with E-state index in [1.54, 1.807) is 0 Å². The van der Waals surface area contributed by atoms with Gasteiger partial charge in [0.15, 0.2) is 5.78 Å². The third kappa shape index (κ3) is 3.68. The number of carbonyl (C=O) groups excluding carboxylic acids is 1. The van der Waals surface area contributed by atoms with E-state index in [-0.39, 0.29) is 11.7 Å². The van der Waals surface area contributed by atoms with Gasteiger partial charge >= 0.3 is 0 Å². The van der Waals surface area contributed by atoms with Gasteiger partial charge in [0.05, 0.1) is 18.5 Å². The fourth-order valence-electron chi connectivity index (χ4n) is 2.47. The van der Waals surface area contributed by atoms with Crippen LogP contribution in [0, 0.1) is 31.1 Å². The van der Waals surface area contributed by atoms with Crippen LogP contribution in [-0.2, 0) is 6.54 Å². The lowest BCUT2D eigenvalue weighted by Gasteiger charge is -2.16. The Morgan fingerprint density at radius 2 is 2.16 bits per heavy atom. The number of aryl methyl sites for hydroxylation is 1. The molecule has 1 unspecified atom stereocenters. The molecular weight excluding hydrogens is 238 g/mol. The lowest BCUT2D eigenvalue weighted by Crippen LogP contribution is -2.30. The topological polar surface area (TPSA) is 49.0 Å². The van der Waals surface area contributed by atoms with E-state index < -0.39 is 0 Å². The Bertz CT molecular complexity index is 496. The number of nitrogens with zero attached hydrogens (tertiary/aromatic N) is 3. The van der Waals surface area contributed by atoms with E-state index in [4.69, 9.17) is 5.26 Å². The van der Waals surface area contributed by atoms with Crippen molar-refractivity contribution in [2.75, 3.05) is 20.1 Å². The maximum Gasteiger partial charge on any atom is 0.178 e. The molecule has 0 bridgehead atoms. The summed E-state index contributed by atoms with van der Waals surface area (Å²) in [4.78, 5) is 14.2. The SMILES string of the molecule is CCn1c(C)cc(C(=O)CN(C)CC(C)C#N)c1C. The smallest absolute Gasteiger partial charge is 0.178 e. The van der Waals surface area contributed by atoms with Crippen molar-refractivity contribution >= 4 is 5.78 Å². The van der Waals surface area contributed by atoms with E-state index in [1.807, 2.05) is 38.8 Å². The van der Waals surface area contributed by atoms with Gasteiger partial charge in [-0.15, -0.1) is 0 Å². The van der Waals surface area contributed by atoms with Gasteiger partial charge in [-0.25, -0.2) is 0 Å². The van der Waals surface area contributed by atoms with Crippen molar-refractivity contribution in [3.05, 3.63) is 23.0 Å². The lowest BCUT2D eigenvalue weighted by atomic mass is 10.1. The predicted octanol–water partition coefficient (Wildman–Crippen LogP) is 2.40. The van der Waals surface area contributed by atoms with Crippen LogP contribution < -0.4 is 0 Å². The number of Topliss-reactive ketones (excluding diaryl/α,β-unsaturated/α-hetero) is 1. The Labute approximate surface area is 115 Å². The lowest BCUT2D eigenvalue weighted by molar-refractivity contribution is 0.0942. The van der Waals surface area contributed by atoms with Gasteiger partial charge in [0.25, 0.3) is 0 Å². The zero-order valence-corrected chi connectivity index (χ0v) is 12.5. The van der Waals surface area contributed by atoms with Crippen molar-refractivity contribution in [3.63, 3.8) is 0 Å². The second-order valence-corrected chi connectivity index (χ2v) is 5.18. The molecule has 1 rings (SSSR count). The van der Waals surface area contributed by atoms with Crippen LogP contribution in [0.2, 0.25) is 0 Å². The molecule has 0 aliphatic heterocycles. The van der Waals surface area contributed by atoms with Crippen molar-refractivity contribution in [1.82, 2.24) is 9.47 Å². The molecule has 4 heteroatoms. The molecule has 0 fully saturated rings. The standard InChI is InChI=1S/C15H23N3O/c1-6-18-12(3)7-14(13(18)4)15(19)10-17(5)9-11(2)8-16/h7,11H,6,9-10H2,1-5H3. The van der Waals surface area contributed by atoms with Crippen molar-refractivity contribution in [1.29, 1.82) is 5.26 Å². The van der Waals surface area contributed by atoms with Gasteiger partial charge in [0, 0.05) is 30.0 Å². The van der Waals surface area contributed by atoms with Crippen LogP contribution in [0.5, 0.6) is 0 Å². The number of likely N-dealkylation sites (N-methyl/N-ethyl adjacent to an activating group) is 1. The molecule has 0 amide bonds. The van der Waals surface area contributed by atoms with Gasteiger partial charge in [0.2, 0.25) is 0 Å². The zero-order valence-electron chi connectivity index (χ0n) is 12.5. The molecule has 0 spiro atoms. The summed E-state index contributed by atoms with van der Waals surface area (Å²) in [5, 5.41) is 8.79. The largest absolute Gasteiger partial charge is 0.349 e. The molecule has 1 aromatic heterocycles. The summed E-state index contributed by atoms with van der Waals surface area (Å²) in [5.74, 6) is 0.0707. The average Bonchev–Trinajstić information content (AvgIpc) is 2.63. The third-order valence-electron chi connectivity index (χ3n) is 3.41. The minimum absolute atomic E-state index is 0.0547. The summed E-state index contributed by atoms with van der Waals surface area (Å²) in [6.07, 6.45) is 0. The first-order valence-corrected chi connectivity index (χ1v) is 6.68. The first-order valence-electron chi connectivity index (χ1n) is 6.68. The summed E-state index contributed by atoms with van der Waals surface area (Å²) < 4.78 is 2.14. The number of nitriles is 1. The zero-order chi connectivity index (χ0) is 14.6. The van der Waals surface area contributed by atoms with Gasteiger partial charge in [-0.3, -0.25) is 9.69 Å². The quantitative estimate of drug-likeness (QED) is 0.739. The van der Waals surface area contributed by atoms with Crippen LogP contribution in [0.25, 0.3) is 0 Å². The van der Waals surface area contributed by atoms with Crippen LogP contribution in [0.3, 0.4) is 0 Å². The molecule has 0 saturated heterocycles. The number of hydrogen-bond acceptors (Lipinski definition) is 3. The molecule has 104 valence electrons. The Balaban J connectivity index is 2.77. The maximum absolute atomic E-state index is 12.3. The van der Waals surface area contributed by atoms with Crippen LogP contribution in [0.4, 0.5) is 0 Å². The second kappa shape index (κ2) is 6.53. The number of ketones is 1. The highest BCUT2D eigenvalue weighted by Crippen LogP contribution is 2.16. The molecule has 0 aliphatic rings. The highest BCUT2D eigenvalue weighted by atomic mass is 16.1. The Kier molecular flexibility index (Phi) is 5.31. The van der Waals surface area contributed by atoms with Crippen LogP contribution in [0.1, 0.15) is 35.6 Å². The summed E-state index contributed by atoms with van der Waals surface area (Å²) in [7, 11) is 1.88. The van der Waals surface area contributed by atoms with Gasteiger partial charge in [-0.05, 0) is 40.8 Å². The fourth-order valence-corrected chi connectivity index (χ4v) is 2.47. The van der Waals surface area contributed by atoms with E-state index in [0.29, 0.717) is 13.1 Å². The number of rotatable bonds is 6. The monoisotopic (exact) mass is 261 g/mol. The van der Waals surface area contributed by atoms with E-state index in [1.165, 1.54) is 0 Å². The molecule has 0 N–H and O–H groups in total. The summed E-state index contributed by atoms with van der Waals surface area (Å²) in [6, 6.07) is 4.15. The molecular formula is C15H23N3O. The maximum atomic E-state index is 12.3. The number of hydrogen-bond donors (Lipinski definition) is 0. The molecule has 0 aliphatic carbocycles. The summed E-state index contributed by atoms with van der Waals surface area (Å²) in [5.41, 5.74) is 2.96. The molecule has 1 aromatic rings. The second-order valence-electron chi connectivity index (χ2n) is 5.18. The Morgan fingerprint density at radius 3 is 2.63 bits per heavy atom. The number of aromatic nitrogens is 1. The first kappa shape index (κ1) is 15.5. The number of carbonyl (C=O) groups is 1. The third-order valence-corrected chi connectivity index (χ3v) is 3.41.